The predicted octanol–water partition coefficient (Wildman–Crippen LogP) is 4.31. The molecule has 0 aliphatic heterocycles. The van der Waals surface area contributed by atoms with Crippen molar-refractivity contribution in [2.24, 2.45) is 5.73 Å². The molecule has 0 heterocycles. The third-order valence-electron chi connectivity index (χ3n) is 3.31. The summed E-state index contributed by atoms with van der Waals surface area (Å²) in [5, 5.41) is 8.98. The maximum absolute atomic E-state index is 14.5. The van der Waals surface area contributed by atoms with Crippen LogP contribution in [0.4, 0.5) is 8.78 Å². The standard InChI is InChI=1S/C16H16ClF2NO2/c1-2-13(20)10-4-5-11(17)16(15(10)19)22-14-6-3-9(8-21)7-12(14)18/h3-7,13,21H,2,8,20H2,1H3/t13-/m0/s1. The van der Waals surface area contributed by atoms with Gasteiger partial charge < -0.3 is 15.6 Å². The van der Waals surface area contributed by atoms with Crippen LogP contribution in [-0.4, -0.2) is 5.11 Å². The summed E-state index contributed by atoms with van der Waals surface area (Å²) >= 11 is 5.94. The molecule has 0 radical (unpaired) electrons. The van der Waals surface area contributed by atoms with Crippen LogP contribution in [0, 0.1) is 11.6 Å². The number of benzene rings is 2. The average Bonchev–Trinajstić information content (AvgIpc) is 2.52. The van der Waals surface area contributed by atoms with E-state index >= 15 is 0 Å². The first-order valence-corrected chi connectivity index (χ1v) is 7.16. The fourth-order valence-corrected chi connectivity index (χ4v) is 2.17. The van der Waals surface area contributed by atoms with Crippen LogP contribution < -0.4 is 10.5 Å². The number of halogens is 3. The Balaban J connectivity index is 2.41. The SMILES string of the molecule is CC[C@H](N)c1ccc(Cl)c(Oc2ccc(CO)cc2F)c1F. The van der Waals surface area contributed by atoms with Gasteiger partial charge in [-0.05, 0) is 30.2 Å². The number of aliphatic hydroxyl groups excluding tert-OH is 1. The number of rotatable bonds is 5. The molecule has 0 saturated heterocycles. The normalized spacial score (nSPS) is 12.3. The Bertz CT molecular complexity index is 679. The second-order valence-electron chi connectivity index (χ2n) is 4.82. The summed E-state index contributed by atoms with van der Waals surface area (Å²) in [6.07, 6.45) is 0.539. The van der Waals surface area contributed by atoms with Gasteiger partial charge in [-0.15, -0.1) is 0 Å². The lowest BCUT2D eigenvalue weighted by Gasteiger charge is -2.15. The molecule has 0 fully saturated rings. The van der Waals surface area contributed by atoms with Crippen LogP contribution in [0.5, 0.6) is 11.5 Å². The molecule has 2 aromatic rings. The van der Waals surface area contributed by atoms with Gasteiger partial charge in [-0.3, -0.25) is 0 Å². The summed E-state index contributed by atoms with van der Waals surface area (Å²) in [5.41, 5.74) is 6.48. The summed E-state index contributed by atoms with van der Waals surface area (Å²) in [5.74, 6) is -1.86. The molecule has 0 spiro atoms. The minimum Gasteiger partial charge on any atom is -0.450 e. The van der Waals surface area contributed by atoms with E-state index in [1.54, 1.807) is 0 Å². The topological polar surface area (TPSA) is 55.5 Å². The Labute approximate surface area is 132 Å². The number of hydrogen-bond donors (Lipinski definition) is 2. The number of nitrogens with two attached hydrogens (primary N) is 1. The van der Waals surface area contributed by atoms with Gasteiger partial charge in [0.1, 0.15) is 0 Å². The van der Waals surface area contributed by atoms with E-state index in [2.05, 4.69) is 0 Å². The molecule has 2 rings (SSSR count). The smallest absolute Gasteiger partial charge is 0.182 e. The monoisotopic (exact) mass is 327 g/mol. The van der Waals surface area contributed by atoms with Crippen molar-refractivity contribution >= 4 is 11.6 Å². The summed E-state index contributed by atoms with van der Waals surface area (Å²) in [6, 6.07) is 6.35. The quantitative estimate of drug-likeness (QED) is 0.860. The zero-order valence-electron chi connectivity index (χ0n) is 11.9. The fraction of sp³-hybridized carbons (Fsp3) is 0.250. The minimum atomic E-state index is -0.716. The molecule has 0 aromatic heterocycles. The van der Waals surface area contributed by atoms with Crippen molar-refractivity contribution in [1.29, 1.82) is 0 Å². The first-order valence-electron chi connectivity index (χ1n) is 6.78. The molecule has 3 nitrogen and oxygen atoms in total. The van der Waals surface area contributed by atoms with Crippen LogP contribution in [0.1, 0.15) is 30.5 Å². The molecule has 118 valence electrons. The van der Waals surface area contributed by atoms with Gasteiger partial charge in [0, 0.05) is 11.6 Å². The maximum Gasteiger partial charge on any atom is 0.182 e. The fourth-order valence-electron chi connectivity index (χ4n) is 1.98. The molecule has 0 aliphatic carbocycles. The van der Waals surface area contributed by atoms with Crippen molar-refractivity contribution in [3.8, 4) is 11.5 Å². The van der Waals surface area contributed by atoms with E-state index in [9.17, 15) is 8.78 Å². The van der Waals surface area contributed by atoms with Crippen LogP contribution in [-0.2, 0) is 6.61 Å². The number of aliphatic hydroxyl groups is 1. The van der Waals surface area contributed by atoms with E-state index in [1.807, 2.05) is 6.92 Å². The largest absolute Gasteiger partial charge is 0.450 e. The third kappa shape index (κ3) is 3.38. The van der Waals surface area contributed by atoms with Gasteiger partial charge in [-0.25, -0.2) is 8.78 Å². The summed E-state index contributed by atoms with van der Waals surface area (Å²) in [4.78, 5) is 0. The highest BCUT2D eigenvalue weighted by Crippen LogP contribution is 2.36. The first kappa shape index (κ1) is 16.7. The molecule has 1 atom stereocenters. The van der Waals surface area contributed by atoms with Crippen molar-refractivity contribution in [3.63, 3.8) is 0 Å². The van der Waals surface area contributed by atoms with E-state index in [4.69, 9.17) is 27.2 Å². The lowest BCUT2D eigenvalue weighted by Crippen LogP contribution is -2.11. The predicted molar refractivity (Wildman–Crippen MR) is 81.0 cm³/mol. The van der Waals surface area contributed by atoms with Crippen molar-refractivity contribution in [1.82, 2.24) is 0 Å². The summed E-state index contributed by atoms with van der Waals surface area (Å²) < 4.78 is 33.7. The third-order valence-corrected chi connectivity index (χ3v) is 3.61. The second kappa shape index (κ2) is 7.05. The van der Waals surface area contributed by atoms with Gasteiger partial charge in [-0.2, -0.15) is 0 Å². The lowest BCUT2D eigenvalue weighted by atomic mass is 10.0. The highest BCUT2D eigenvalue weighted by Gasteiger charge is 2.19. The molecule has 0 unspecified atom stereocenters. The Kier molecular flexibility index (Phi) is 5.34. The lowest BCUT2D eigenvalue weighted by molar-refractivity contribution is 0.281. The van der Waals surface area contributed by atoms with Crippen molar-refractivity contribution in [2.45, 2.75) is 26.0 Å². The van der Waals surface area contributed by atoms with Gasteiger partial charge in [0.05, 0.1) is 11.6 Å². The number of ether oxygens (including phenoxy) is 1. The van der Waals surface area contributed by atoms with Gasteiger partial charge in [0.2, 0.25) is 0 Å². The number of hydrogen-bond acceptors (Lipinski definition) is 3. The molecular formula is C16H16ClF2NO2. The zero-order chi connectivity index (χ0) is 16.3. The highest BCUT2D eigenvalue weighted by molar-refractivity contribution is 6.32. The van der Waals surface area contributed by atoms with E-state index in [0.29, 0.717) is 12.0 Å². The van der Waals surface area contributed by atoms with Crippen LogP contribution in [0.2, 0.25) is 5.02 Å². The van der Waals surface area contributed by atoms with E-state index in [-0.39, 0.29) is 28.7 Å². The van der Waals surface area contributed by atoms with Gasteiger partial charge >= 0.3 is 0 Å². The Morgan fingerprint density at radius 2 is 2.00 bits per heavy atom. The maximum atomic E-state index is 14.5. The van der Waals surface area contributed by atoms with Crippen molar-refractivity contribution in [2.75, 3.05) is 0 Å². The molecule has 0 amide bonds. The van der Waals surface area contributed by atoms with Gasteiger partial charge in [0.25, 0.3) is 0 Å². The molecule has 2 aromatic carbocycles. The molecule has 0 saturated carbocycles. The van der Waals surface area contributed by atoms with E-state index in [1.165, 1.54) is 24.3 Å². The minimum absolute atomic E-state index is 0.0233. The zero-order valence-corrected chi connectivity index (χ0v) is 12.7. The molecule has 0 aliphatic rings. The van der Waals surface area contributed by atoms with Crippen molar-refractivity contribution in [3.05, 3.63) is 58.1 Å². The Morgan fingerprint density at radius 1 is 1.27 bits per heavy atom. The molecule has 0 bridgehead atoms. The average molecular weight is 328 g/mol. The van der Waals surface area contributed by atoms with Crippen LogP contribution in [0.25, 0.3) is 0 Å². The van der Waals surface area contributed by atoms with Gasteiger partial charge in [0.15, 0.2) is 23.1 Å². The van der Waals surface area contributed by atoms with Gasteiger partial charge in [-0.1, -0.05) is 30.7 Å². The van der Waals surface area contributed by atoms with Crippen molar-refractivity contribution < 1.29 is 18.6 Å². The molecule has 6 heteroatoms. The highest BCUT2D eigenvalue weighted by atomic mass is 35.5. The van der Waals surface area contributed by atoms with Crippen LogP contribution in [0.15, 0.2) is 30.3 Å². The van der Waals surface area contributed by atoms with E-state index < -0.39 is 17.7 Å². The van der Waals surface area contributed by atoms with Crippen LogP contribution >= 0.6 is 11.6 Å². The molecule has 22 heavy (non-hydrogen) atoms. The first-order chi connectivity index (χ1) is 10.5. The molecule has 3 N–H and O–H groups in total. The Morgan fingerprint density at radius 3 is 2.59 bits per heavy atom. The Hall–Kier alpha value is -1.69. The summed E-state index contributed by atoms with van der Waals surface area (Å²) in [7, 11) is 0. The molecular weight excluding hydrogens is 312 g/mol. The van der Waals surface area contributed by atoms with E-state index in [0.717, 1.165) is 6.07 Å². The second-order valence-corrected chi connectivity index (χ2v) is 5.23. The van der Waals surface area contributed by atoms with Crippen LogP contribution in [0.3, 0.4) is 0 Å². The summed E-state index contributed by atoms with van der Waals surface area (Å²) in [6.45, 7) is 1.53.